The summed E-state index contributed by atoms with van der Waals surface area (Å²) in [4.78, 5) is 11.5. The lowest BCUT2D eigenvalue weighted by Gasteiger charge is -2.26. The van der Waals surface area contributed by atoms with E-state index < -0.39 is 0 Å². The molecule has 6 nitrogen and oxygen atoms in total. The monoisotopic (exact) mass is 356 g/mol. The molecular formula is C20H28N4O2. The number of rotatable bonds is 5. The first-order valence-electron chi connectivity index (χ1n) is 9.80. The topological polar surface area (TPSA) is 70.5 Å². The van der Waals surface area contributed by atoms with Crippen LogP contribution in [0.1, 0.15) is 39.0 Å². The lowest BCUT2D eigenvalue weighted by atomic mass is 9.93. The molecule has 2 N–H and O–H groups in total. The van der Waals surface area contributed by atoms with Crippen molar-refractivity contribution in [2.45, 2.75) is 57.3 Å². The molecule has 0 radical (unpaired) electrons. The van der Waals surface area contributed by atoms with Crippen molar-refractivity contribution in [2.24, 2.45) is 0 Å². The average Bonchev–Trinajstić information content (AvgIpc) is 3.11. The van der Waals surface area contributed by atoms with E-state index in [4.69, 9.17) is 4.74 Å². The summed E-state index contributed by atoms with van der Waals surface area (Å²) >= 11 is 0. The molecule has 6 heteroatoms. The number of anilines is 1. The number of benzene rings is 1. The van der Waals surface area contributed by atoms with Gasteiger partial charge in [0.1, 0.15) is 11.9 Å². The second kappa shape index (κ2) is 7.76. The van der Waals surface area contributed by atoms with Crippen molar-refractivity contribution in [3.63, 3.8) is 0 Å². The summed E-state index contributed by atoms with van der Waals surface area (Å²) < 4.78 is 6.17. The molecule has 2 aromatic rings. The smallest absolute Gasteiger partial charge is 0.223 e. The van der Waals surface area contributed by atoms with Crippen LogP contribution in [0, 0.1) is 0 Å². The molecule has 140 valence electrons. The van der Waals surface area contributed by atoms with Crippen LogP contribution < -0.4 is 10.1 Å². The number of likely N-dealkylation sites (N-methyl/N-ethyl adjacent to an activating group) is 1. The number of likely N-dealkylation sites (tertiary alicyclic amines) is 1. The fourth-order valence-electron chi connectivity index (χ4n) is 3.92. The molecule has 1 aromatic carbocycles. The van der Waals surface area contributed by atoms with E-state index in [0.29, 0.717) is 12.0 Å². The van der Waals surface area contributed by atoms with Crippen molar-refractivity contribution in [3.8, 4) is 5.75 Å². The van der Waals surface area contributed by atoms with Gasteiger partial charge in [-0.15, -0.1) is 0 Å². The van der Waals surface area contributed by atoms with Crippen LogP contribution in [0.4, 0.5) is 5.95 Å². The summed E-state index contributed by atoms with van der Waals surface area (Å²) in [6.45, 7) is 5.38. The molecule has 1 aromatic heterocycles. The third kappa shape index (κ3) is 4.07. The molecule has 0 bridgehead atoms. The highest BCUT2D eigenvalue weighted by molar-refractivity contribution is 5.80. The molecule has 26 heavy (non-hydrogen) atoms. The van der Waals surface area contributed by atoms with Crippen molar-refractivity contribution in [3.05, 3.63) is 24.4 Å². The molecule has 2 fully saturated rings. The average molecular weight is 356 g/mol. The molecule has 1 saturated carbocycles. The number of ether oxygens (including phenoxy) is 1. The number of aromatic nitrogens is 2. The Kier molecular flexibility index (Phi) is 5.22. The third-order valence-corrected chi connectivity index (χ3v) is 5.56. The molecule has 0 spiro atoms. The van der Waals surface area contributed by atoms with E-state index in [1.807, 2.05) is 24.4 Å². The van der Waals surface area contributed by atoms with Gasteiger partial charge in [0.25, 0.3) is 0 Å². The van der Waals surface area contributed by atoms with Crippen molar-refractivity contribution in [2.75, 3.05) is 25.0 Å². The zero-order valence-electron chi connectivity index (χ0n) is 15.4. The summed E-state index contributed by atoms with van der Waals surface area (Å²) in [7, 11) is 0. The highest BCUT2D eigenvalue weighted by Gasteiger charge is 2.23. The fourth-order valence-corrected chi connectivity index (χ4v) is 3.92. The van der Waals surface area contributed by atoms with Crippen LogP contribution in [0.3, 0.4) is 0 Å². The Labute approximate surface area is 154 Å². The Morgan fingerprint density at radius 1 is 1.23 bits per heavy atom. The third-order valence-electron chi connectivity index (χ3n) is 5.56. The van der Waals surface area contributed by atoms with Gasteiger partial charge in [0.2, 0.25) is 5.95 Å². The van der Waals surface area contributed by atoms with Gasteiger partial charge < -0.3 is 15.2 Å². The second-order valence-corrected chi connectivity index (χ2v) is 7.49. The van der Waals surface area contributed by atoms with Crippen molar-refractivity contribution in [1.82, 2.24) is 14.9 Å². The lowest BCUT2D eigenvalue weighted by molar-refractivity contribution is 0.126. The lowest BCUT2D eigenvalue weighted by Crippen LogP contribution is -2.28. The van der Waals surface area contributed by atoms with Gasteiger partial charge in [0, 0.05) is 36.8 Å². The summed E-state index contributed by atoms with van der Waals surface area (Å²) in [5, 5.41) is 14.1. The van der Waals surface area contributed by atoms with E-state index >= 15 is 0 Å². The number of hydrogen-bond acceptors (Lipinski definition) is 6. The van der Waals surface area contributed by atoms with Gasteiger partial charge in [0.15, 0.2) is 0 Å². The van der Waals surface area contributed by atoms with E-state index in [9.17, 15) is 5.11 Å². The Hall–Kier alpha value is -1.92. The number of aliphatic hydroxyl groups excluding tert-OH is 1. The second-order valence-electron chi connectivity index (χ2n) is 7.49. The predicted octanol–water partition coefficient (Wildman–Crippen LogP) is 2.82. The molecule has 1 aliphatic carbocycles. The minimum atomic E-state index is -0.149. The minimum Gasteiger partial charge on any atom is -0.489 e. The van der Waals surface area contributed by atoms with Gasteiger partial charge in [-0.25, -0.2) is 9.97 Å². The van der Waals surface area contributed by atoms with Crippen LogP contribution in [-0.2, 0) is 0 Å². The van der Waals surface area contributed by atoms with E-state index in [1.165, 1.54) is 0 Å². The van der Waals surface area contributed by atoms with Crippen LogP contribution in [0.5, 0.6) is 5.75 Å². The van der Waals surface area contributed by atoms with Crippen LogP contribution in [-0.4, -0.2) is 57.9 Å². The molecule has 1 atom stereocenters. The van der Waals surface area contributed by atoms with E-state index in [1.54, 1.807) is 0 Å². The summed E-state index contributed by atoms with van der Waals surface area (Å²) in [6.07, 6.45) is 6.67. The Morgan fingerprint density at radius 2 is 2.08 bits per heavy atom. The molecule has 1 aliphatic heterocycles. The molecule has 0 amide bonds. The van der Waals surface area contributed by atoms with Gasteiger partial charge in [-0.2, -0.15) is 0 Å². The van der Waals surface area contributed by atoms with Crippen molar-refractivity contribution >= 4 is 16.9 Å². The molecule has 1 unspecified atom stereocenters. The van der Waals surface area contributed by atoms with Crippen LogP contribution in [0.25, 0.3) is 10.9 Å². The molecule has 2 heterocycles. The highest BCUT2D eigenvalue weighted by Crippen LogP contribution is 2.25. The zero-order valence-corrected chi connectivity index (χ0v) is 15.4. The van der Waals surface area contributed by atoms with E-state index in [-0.39, 0.29) is 12.2 Å². The Morgan fingerprint density at radius 3 is 2.85 bits per heavy atom. The maximum absolute atomic E-state index is 9.64. The standard InChI is InChI=1S/C20H28N4O2/c1-2-24-10-9-18(13-24)26-17-8-3-14-12-21-20(23-19(14)11-17)22-15-4-6-16(25)7-5-15/h3,8,11-12,15-16,18,25H,2,4-7,9-10,13H2,1H3,(H,21,22,23). The highest BCUT2D eigenvalue weighted by atomic mass is 16.5. The number of aliphatic hydroxyl groups is 1. The largest absolute Gasteiger partial charge is 0.489 e. The number of nitrogens with one attached hydrogen (secondary N) is 1. The maximum atomic E-state index is 9.64. The first-order valence-corrected chi connectivity index (χ1v) is 9.80. The fraction of sp³-hybridized carbons (Fsp3) is 0.600. The van der Waals surface area contributed by atoms with Crippen LogP contribution in [0.15, 0.2) is 24.4 Å². The quantitative estimate of drug-likeness (QED) is 0.858. The summed E-state index contributed by atoms with van der Waals surface area (Å²) in [6, 6.07) is 6.39. The molecule has 1 saturated heterocycles. The Balaban J connectivity index is 1.44. The maximum Gasteiger partial charge on any atom is 0.223 e. The molecular weight excluding hydrogens is 328 g/mol. The first-order chi connectivity index (χ1) is 12.7. The summed E-state index contributed by atoms with van der Waals surface area (Å²) in [5.41, 5.74) is 0.904. The van der Waals surface area contributed by atoms with Crippen molar-refractivity contribution < 1.29 is 9.84 Å². The molecule has 4 rings (SSSR count). The van der Waals surface area contributed by atoms with Crippen molar-refractivity contribution in [1.29, 1.82) is 0 Å². The van der Waals surface area contributed by atoms with Gasteiger partial charge >= 0.3 is 0 Å². The van der Waals surface area contributed by atoms with Gasteiger partial charge in [0.05, 0.1) is 11.6 Å². The Bertz CT molecular complexity index is 707. The van der Waals surface area contributed by atoms with Crippen LogP contribution in [0.2, 0.25) is 0 Å². The predicted molar refractivity (Wildman–Crippen MR) is 103 cm³/mol. The van der Waals surface area contributed by atoms with E-state index in [2.05, 4.69) is 27.1 Å². The number of nitrogens with zero attached hydrogens (tertiary/aromatic N) is 3. The van der Waals surface area contributed by atoms with E-state index in [0.717, 1.165) is 68.4 Å². The number of hydrogen-bond donors (Lipinski definition) is 2. The zero-order chi connectivity index (χ0) is 17.9. The minimum absolute atomic E-state index is 0.149. The SMILES string of the molecule is CCN1CCC(Oc2ccc3cnc(NC4CCC(O)CC4)nc3c2)C1. The van der Waals surface area contributed by atoms with Gasteiger partial charge in [-0.05, 0) is 50.8 Å². The molecule has 2 aliphatic rings. The normalized spacial score (nSPS) is 26.9. The van der Waals surface area contributed by atoms with Crippen LogP contribution >= 0.6 is 0 Å². The van der Waals surface area contributed by atoms with Gasteiger partial charge in [-0.1, -0.05) is 6.92 Å². The van der Waals surface area contributed by atoms with Gasteiger partial charge in [-0.3, -0.25) is 4.90 Å². The first kappa shape index (κ1) is 17.5. The number of fused-ring (bicyclic) bond motifs is 1. The summed E-state index contributed by atoms with van der Waals surface area (Å²) in [5.74, 6) is 1.54.